The van der Waals surface area contributed by atoms with Crippen molar-refractivity contribution in [2.24, 2.45) is 0 Å². The SMILES string of the molecule is COc1cccc(-c2nc(CC(=O)N3CCc4ccccc4[C@@H]3c3ccc(F)cc3)c(C)o2)c1. The molecule has 6 heteroatoms. The molecule has 5 rings (SSSR count). The summed E-state index contributed by atoms with van der Waals surface area (Å²) in [5, 5.41) is 0. The van der Waals surface area contributed by atoms with Gasteiger partial charge >= 0.3 is 0 Å². The van der Waals surface area contributed by atoms with Crippen molar-refractivity contribution in [1.82, 2.24) is 9.88 Å². The van der Waals surface area contributed by atoms with E-state index in [9.17, 15) is 9.18 Å². The predicted molar refractivity (Wildman–Crippen MR) is 127 cm³/mol. The summed E-state index contributed by atoms with van der Waals surface area (Å²) in [5.74, 6) is 1.44. The van der Waals surface area contributed by atoms with Crippen LogP contribution >= 0.6 is 0 Å². The molecule has 0 fully saturated rings. The molecule has 5 nitrogen and oxygen atoms in total. The summed E-state index contributed by atoms with van der Waals surface area (Å²) in [4.78, 5) is 20.1. The third-order valence-corrected chi connectivity index (χ3v) is 6.32. The molecular formula is C28H25FN2O3. The zero-order valence-electron chi connectivity index (χ0n) is 19.1. The normalized spacial score (nSPS) is 15.1. The van der Waals surface area contributed by atoms with Crippen LogP contribution in [-0.2, 0) is 17.6 Å². The van der Waals surface area contributed by atoms with E-state index in [0.717, 1.165) is 23.1 Å². The van der Waals surface area contributed by atoms with E-state index in [1.165, 1.54) is 17.7 Å². The summed E-state index contributed by atoms with van der Waals surface area (Å²) in [6, 6.07) is 21.7. The number of carbonyl (C=O) groups excluding carboxylic acids is 1. The highest BCUT2D eigenvalue weighted by Gasteiger charge is 2.32. The standard InChI is InChI=1S/C28H25FN2O3/c1-18-25(30-28(34-18)21-7-5-8-23(16-21)33-2)17-26(32)31-15-14-19-6-3-4-9-24(19)27(31)20-10-12-22(29)13-11-20/h3-13,16,27H,14-15,17H2,1-2H3/t27-/m0/s1. The molecule has 34 heavy (non-hydrogen) atoms. The molecule has 1 atom stereocenters. The molecule has 0 radical (unpaired) electrons. The van der Waals surface area contributed by atoms with Crippen molar-refractivity contribution in [3.8, 4) is 17.2 Å². The Labute approximate surface area is 197 Å². The van der Waals surface area contributed by atoms with E-state index in [4.69, 9.17) is 9.15 Å². The first-order chi connectivity index (χ1) is 16.5. The van der Waals surface area contributed by atoms with E-state index in [-0.39, 0.29) is 24.2 Å². The van der Waals surface area contributed by atoms with Crippen LogP contribution in [0.5, 0.6) is 5.75 Å². The Balaban J connectivity index is 1.45. The number of benzene rings is 3. The minimum absolute atomic E-state index is 0.0441. The van der Waals surface area contributed by atoms with Crippen molar-refractivity contribution in [3.63, 3.8) is 0 Å². The topological polar surface area (TPSA) is 55.6 Å². The molecule has 1 amide bonds. The maximum absolute atomic E-state index is 13.6. The average molecular weight is 457 g/mol. The molecule has 0 N–H and O–H groups in total. The second kappa shape index (κ2) is 9.14. The second-order valence-electron chi connectivity index (χ2n) is 8.42. The van der Waals surface area contributed by atoms with Crippen LogP contribution in [0.1, 0.15) is 34.2 Å². The maximum Gasteiger partial charge on any atom is 0.229 e. The van der Waals surface area contributed by atoms with Crippen LogP contribution < -0.4 is 4.74 Å². The van der Waals surface area contributed by atoms with Crippen molar-refractivity contribution >= 4 is 5.91 Å². The molecule has 0 unspecified atom stereocenters. The Kier molecular flexibility index (Phi) is 5.88. The van der Waals surface area contributed by atoms with Gasteiger partial charge in [0.05, 0.1) is 25.3 Å². The van der Waals surface area contributed by atoms with E-state index in [0.29, 0.717) is 29.6 Å². The van der Waals surface area contributed by atoms with E-state index >= 15 is 0 Å². The fourth-order valence-corrected chi connectivity index (χ4v) is 4.56. The quantitative estimate of drug-likeness (QED) is 0.397. The van der Waals surface area contributed by atoms with Crippen molar-refractivity contribution in [2.75, 3.05) is 13.7 Å². The summed E-state index contributed by atoms with van der Waals surface area (Å²) in [7, 11) is 1.61. The van der Waals surface area contributed by atoms with Crippen LogP contribution in [-0.4, -0.2) is 29.4 Å². The number of ether oxygens (including phenoxy) is 1. The van der Waals surface area contributed by atoms with Gasteiger partial charge in [-0.1, -0.05) is 42.5 Å². The van der Waals surface area contributed by atoms with Gasteiger partial charge in [0, 0.05) is 12.1 Å². The van der Waals surface area contributed by atoms with Crippen LogP contribution in [0.3, 0.4) is 0 Å². The van der Waals surface area contributed by atoms with Gasteiger partial charge in [-0.2, -0.15) is 0 Å². The van der Waals surface area contributed by atoms with E-state index in [2.05, 4.69) is 11.1 Å². The number of oxazole rings is 1. The highest BCUT2D eigenvalue weighted by atomic mass is 19.1. The zero-order chi connectivity index (χ0) is 23.7. The Bertz CT molecular complexity index is 1330. The van der Waals surface area contributed by atoms with Crippen LogP contribution in [0.2, 0.25) is 0 Å². The highest BCUT2D eigenvalue weighted by Crippen LogP contribution is 2.36. The molecule has 1 aliphatic heterocycles. The van der Waals surface area contributed by atoms with Gasteiger partial charge in [0.25, 0.3) is 0 Å². The van der Waals surface area contributed by atoms with Crippen LogP contribution in [0, 0.1) is 12.7 Å². The van der Waals surface area contributed by atoms with Crippen LogP contribution in [0.25, 0.3) is 11.5 Å². The first kappa shape index (κ1) is 21.9. The number of fused-ring (bicyclic) bond motifs is 1. The van der Waals surface area contributed by atoms with Crippen molar-refractivity contribution < 1.29 is 18.3 Å². The van der Waals surface area contributed by atoms with Crippen molar-refractivity contribution in [3.05, 3.63) is 107 Å². The van der Waals surface area contributed by atoms with E-state index in [1.807, 2.05) is 54.3 Å². The van der Waals surface area contributed by atoms with Gasteiger partial charge in [0.2, 0.25) is 11.8 Å². The summed E-state index contributed by atoms with van der Waals surface area (Å²) in [6.45, 7) is 2.40. The van der Waals surface area contributed by atoms with Gasteiger partial charge in [-0.25, -0.2) is 9.37 Å². The number of carbonyl (C=O) groups is 1. The number of aryl methyl sites for hydroxylation is 1. The van der Waals surface area contributed by atoms with Crippen LogP contribution in [0.4, 0.5) is 4.39 Å². The third-order valence-electron chi connectivity index (χ3n) is 6.32. The minimum atomic E-state index is -0.297. The third kappa shape index (κ3) is 4.19. The number of amides is 1. The van der Waals surface area contributed by atoms with Gasteiger partial charge in [0.15, 0.2) is 0 Å². The smallest absolute Gasteiger partial charge is 0.229 e. The fraction of sp³-hybridized carbons (Fsp3) is 0.214. The number of hydrogen-bond acceptors (Lipinski definition) is 4. The number of nitrogens with zero attached hydrogens (tertiary/aromatic N) is 2. The van der Waals surface area contributed by atoms with E-state index < -0.39 is 0 Å². The number of hydrogen-bond donors (Lipinski definition) is 0. The Morgan fingerprint density at radius 1 is 1.12 bits per heavy atom. The van der Waals surface area contributed by atoms with E-state index in [1.54, 1.807) is 19.2 Å². The van der Waals surface area contributed by atoms with Gasteiger partial charge < -0.3 is 14.1 Å². The Morgan fingerprint density at radius 2 is 1.91 bits per heavy atom. The molecule has 0 saturated carbocycles. The molecular weight excluding hydrogens is 431 g/mol. The predicted octanol–water partition coefficient (Wildman–Crippen LogP) is 5.51. The molecule has 3 aromatic carbocycles. The number of rotatable bonds is 5. The highest BCUT2D eigenvalue weighted by molar-refractivity contribution is 5.80. The lowest BCUT2D eigenvalue weighted by molar-refractivity contribution is -0.132. The van der Waals surface area contributed by atoms with Crippen molar-refractivity contribution in [2.45, 2.75) is 25.8 Å². The summed E-state index contributed by atoms with van der Waals surface area (Å²) in [5.41, 5.74) is 4.56. The molecule has 1 aliphatic rings. The molecule has 0 saturated heterocycles. The number of halogens is 1. The molecule has 2 heterocycles. The lowest BCUT2D eigenvalue weighted by Crippen LogP contribution is -2.41. The molecule has 172 valence electrons. The summed E-state index contributed by atoms with van der Waals surface area (Å²) >= 11 is 0. The summed E-state index contributed by atoms with van der Waals surface area (Å²) in [6.07, 6.45) is 0.894. The monoisotopic (exact) mass is 456 g/mol. The lowest BCUT2D eigenvalue weighted by Gasteiger charge is -2.38. The van der Waals surface area contributed by atoms with Crippen molar-refractivity contribution in [1.29, 1.82) is 0 Å². The molecule has 1 aromatic heterocycles. The minimum Gasteiger partial charge on any atom is -0.497 e. The van der Waals surface area contributed by atoms with Gasteiger partial charge in [-0.05, 0) is 60.4 Å². The van der Waals surface area contributed by atoms with Gasteiger partial charge in [0.1, 0.15) is 17.3 Å². The summed E-state index contributed by atoms with van der Waals surface area (Å²) < 4.78 is 24.8. The molecule has 0 bridgehead atoms. The first-order valence-electron chi connectivity index (χ1n) is 11.3. The Morgan fingerprint density at radius 3 is 2.71 bits per heavy atom. The molecule has 4 aromatic rings. The maximum atomic E-state index is 13.6. The number of aromatic nitrogens is 1. The Hall–Kier alpha value is -3.93. The molecule has 0 spiro atoms. The molecule has 0 aliphatic carbocycles. The first-order valence-corrected chi connectivity index (χ1v) is 11.3. The fourth-order valence-electron chi connectivity index (χ4n) is 4.56. The second-order valence-corrected chi connectivity index (χ2v) is 8.42. The van der Waals surface area contributed by atoms with Crippen LogP contribution in [0.15, 0.2) is 77.2 Å². The largest absolute Gasteiger partial charge is 0.497 e. The van der Waals surface area contributed by atoms with Gasteiger partial charge in [-0.3, -0.25) is 4.79 Å². The van der Waals surface area contributed by atoms with Gasteiger partial charge in [-0.15, -0.1) is 0 Å². The lowest BCUT2D eigenvalue weighted by atomic mass is 9.88. The zero-order valence-corrected chi connectivity index (χ0v) is 19.1. The number of methoxy groups -OCH3 is 1. The average Bonchev–Trinajstić information content (AvgIpc) is 3.24.